The van der Waals surface area contributed by atoms with E-state index in [-0.39, 0.29) is 17.5 Å². The van der Waals surface area contributed by atoms with Crippen molar-refractivity contribution in [3.8, 4) is 39.4 Å². The Morgan fingerprint density at radius 1 is 0.755 bits per heavy atom. The zero-order valence-electron chi connectivity index (χ0n) is 26.7. The van der Waals surface area contributed by atoms with Crippen LogP contribution in [0.1, 0.15) is 17.5 Å². The van der Waals surface area contributed by atoms with Gasteiger partial charge in [-0.25, -0.2) is 13.8 Å². The van der Waals surface area contributed by atoms with E-state index in [9.17, 15) is 8.78 Å². The van der Waals surface area contributed by atoms with Crippen LogP contribution < -0.4 is 4.74 Å². The molecule has 0 fully saturated rings. The first-order valence-corrected chi connectivity index (χ1v) is 16.2. The van der Waals surface area contributed by atoms with Gasteiger partial charge in [-0.05, 0) is 72.1 Å². The lowest BCUT2D eigenvalue weighted by Crippen LogP contribution is -2.43. The van der Waals surface area contributed by atoms with Gasteiger partial charge in [0.1, 0.15) is 22.7 Å². The van der Waals surface area contributed by atoms with E-state index in [1.54, 1.807) is 24.4 Å². The monoisotopic (exact) mass is 646 g/mol. The third kappa shape index (κ3) is 5.24. The van der Waals surface area contributed by atoms with Crippen LogP contribution in [0.2, 0.25) is 0 Å². The van der Waals surface area contributed by atoms with E-state index in [2.05, 4.69) is 88.7 Å². The molecular weight excluding hydrogens is 614 g/mol. The Bertz CT molecular complexity index is 2280. The van der Waals surface area contributed by atoms with E-state index in [4.69, 9.17) is 9.84 Å². The molecule has 0 saturated carbocycles. The molecule has 3 aromatic heterocycles. The molecule has 0 amide bonds. The highest BCUT2D eigenvalue weighted by Gasteiger charge is 2.44. The summed E-state index contributed by atoms with van der Waals surface area (Å²) in [4.78, 5) is 4.61. The number of nitrogens with zero attached hydrogens (tertiary/aromatic N) is 4. The normalized spacial score (nSPS) is 14.4. The van der Waals surface area contributed by atoms with Gasteiger partial charge in [0.2, 0.25) is 0 Å². The van der Waals surface area contributed by atoms with Crippen LogP contribution in [0.15, 0.2) is 158 Å². The number of fused-ring (bicyclic) bond motifs is 1. The standard InChI is InChI=1S/C42H32F2N4O/c1-49-39-23-19-30(25-37(39)44)38-26-45-40-24-20-31(27-47(38)40)36-28-48(46-41(36)29-17-21-35(43)22-18-29)42(32-11-5-2-6-12-32,33-13-7-3-8-14-33)34-15-9-4-10-16-34/h2-15,17-28,34H,16H2,1H3. The van der Waals surface area contributed by atoms with Gasteiger partial charge in [0.15, 0.2) is 11.6 Å². The molecule has 4 aromatic carbocycles. The number of hydrogen-bond donors (Lipinski definition) is 0. The SMILES string of the molecule is COc1ccc(-c2cnc3ccc(-c4cn(C(c5ccccc5)(c5ccccc5)C5C=CC=CC5)nc4-c4ccc(F)cc4)cn23)cc1F. The largest absolute Gasteiger partial charge is 0.494 e. The van der Waals surface area contributed by atoms with E-state index < -0.39 is 11.4 Å². The van der Waals surface area contributed by atoms with Crippen molar-refractivity contribution in [3.05, 3.63) is 181 Å². The van der Waals surface area contributed by atoms with E-state index in [1.807, 2.05) is 40.9 Å². The minimum atomic E-state index is -0.721. The molecule has 49 heavy (non-hydrogen) atoms. The molecule has 1 aliphatic rings. The molecule has 0 saturated heterocycles. The molecule has 0 spiro atoms. The molecule has 8 rings (SSSR count). The first kappa shape index (κ1) is 30.3. The number of benzene rings is 4. The van der Waals surface area contributed by atoms with Crippen LogP contribution in [0.3, 0.4) is 0 Å². The fourth-order valence-corrected chi connectivity index (χ4v) is 7.07. The number of rotatable bonds is 8. The van der Waals surface area contributed by atoms with Crippen molar-refractivity contribution in [3.63, 3.8) is 0 Å². The zero-order chi connectivity index (χ0) is 33.4. The highest BCUT2D eigenvalue weighted by atomic mass is 19.1. The third-order valence-corrected chi connectivity index (χ3v) is 9.40. The van der Waals surface area contributed by atoms with E-state index >= 15 is 0 Å². The van der Waals surface area contributed by atoms with Gasteiger partial charge in [0.05, 0.1) is 19.0 Å². The number of halogens is 2. The summed E-state index contributed by atoms with van der Waals surface area (Å²) < 4.78 is 38.2. The van der Waals surface area contributed by atoms with Crippen molar-refractivity contribution in [2.75, 3.05) is 7.11 Å². The van der Waals surface area contributed by atoms with Gasteiger partial charge in [-0.15, -0.1) is 0 Å². The van der Waals surface area contributed by atoms with Crippen LogP contribution in [0.4, 0.5) is 8.78 Å². The van der Waals surface area contributed by atoms with E-state index in [0.717, 1.165) is 39.9 Å². The minimum Gasteiger partial charge on any atom is -0.494 e. The topological polar surface area (TPSA) is 44.3 Å². The molecule has 0 N–H and O–H groups in total. The van der Waals surface area contributed by atoms with Gasteiger partial charge in [-0.2, -0.15) is 5.10 Å². The molecule has 0 radical (unpaired) electrons. The van der Waals surface area contributed by atoms with Crippen LogP contribution in [0, 0.1) is 17.6 Å². The Morgan fingerprint density at radius 3 is 2.10 bits per heavy atom. The fraction of sp³-hybridized carbons (Fsp3) is 0.0952. The Labute approximate surface area is 283 Å². The summed E-state index contributed by atoms with van der Waals surface area (Å²) in [5.74, 6) is -0.555. The number of ether oxygens (including phenoxy) is 1. The smallest absolute Gasteiger partial charge is 0.165 e. The lowest BCUT2D eigenvalue weighted by atomic mass is 9.70. The van der Waals surface area contributed by atoms with Crippen LogP contribution in [-0.4, -0.2) is 26.3 Å². The predicted molar refractivity (Wildman–Crippen MR) is 189 cm³/mol. The average molecular weight is 647 g/mol. The van der Waals surface area contributed by atoms with Gasteiger partial charge in [0.25, 0.3) is 0 Å². The molecule has 1 unspecified atom stereocenters. The molecular formula is C42H32F2N4O. The second-order valence-electron chi connectivity index (χ2n) is 12.1. The molecule has 0 aliphatic heterocycles. The number of allylic oxidation sites excluding steroid dienone is 4. The maximum atomic E-state index is 14.8. The predicted octanol–water partition coefficient (Wildman–Crippen LogP) is 9.74. The summed E-state index contributed by atoms with van der Waals surface area (Å²) in [7, 11) is 1.45. The maximum Gasteiger partial charge on any atom is 0.165 e. The first-order valence-electron chi connectivity index (χ1n) is 16.2. The summed E-state index contributed by atoms with van der Waals surface area (Å²) >= 11 is 0. The summed E-state index contributed by atoms with van der Waals surface area (Å²) in [6.45, 7) is 0. The van der Waals surface area contributed by atoms with Gasteiger partial charge in [0, 0.05) is 40.6 Å². The molecule has 240 valence electrons. The van der Waals surface area contributed by atoms with Crippen LogP contribution in [0.25, 0.3) is 39.3 Å². The van der Waals surface area contributed by atoms with Crippen LogP contribution in [-0.2, 0) is 5.54 Å². The average Bonchev–Trinajstić information content (AvgIpc) is 3.79. The van der Waals surface area contributed by atoms with Gasteiger partial charge in [-0.3, -0.25) is 9.08 Å². The summed E-state index contributed by atoms with van der Waals surface area (Å²) in [6, 6.07) is 36.3. The van der Waals surface area contributed by atoms with Crippen molar-refractivity contribution >= 4 is 5.65 Å². The lowest BCUT2D eigenvalue weighted by molar-refractivity contribution is 0.293. The molecule has 7 aromatic rings. The first-order chi connectivity index (χ1) is 24.1. The molecule has 3 heterocycles. The fourth-order valence-electron chi connectivity index (χ4n) is 7.07. The van der Waals surface area contributed by atoms with Crippen molar-refractivity contribution in [1.29, 1.82) is 0 Å². The molecule has 1 aliphatic carbocycles. The second kappa shape index (κ2) is 12.5. The van der Waals surface area contributed by atoms with Crippen LogP contribution >= 0.6 is 0 Å². The Balaban J connectivity index is 1.39. The lowest BCUT2D eigenvalue weighted by Gasteiger charge is -2.41. The number of methoxy groups -OCH3 is 1. The number of pyridine rings is 1. The van der Waals surface area contributed by atoms with Gasteiger partial charge in [-0.1, -0.05) is 85.0 Å². The number of hydrogen-bond acceptors (Lipinski definition) is 3. The van der Waals surface area contributed by atoms with Crippen molar-refractivity contribution in [2.45, 2.75) is 12.0 Å². The van der Waals surface area contributed by atoms with Gasteiger partial charge >= 0.3 is 0 Å². The van der Waals surface area contributed by atoms with E-state index in [1.165, 1.54) is 25.3 Å². The van der Waals surface area contributed by atoms with Crippen molar-refractivity contribution < 1.29 is 13.5 Å². The third-order valence-electron chi connectivity index (χ3n) is 9.40. The maximum absolute atomic E-state index is 14.8. The Hall–Kier alpha value is -6.08. The van der Waals surface area contributed by atoms with Gasteiger partial charge < -0.3 is 4.74 Å². The van der Waals surface area contributed by atoms with Crippen molar-refractivity contribution in [1.82, 2.24) is 19.2 Å². The molecule has 7 heteroatoms. The minimum absolute atomic E-state index is 0.0313. The highest BCUT2D eigenvalue weighted by Crippen LogP contribution is 2.46. The molecule has 5 nitrogen and oxygen atoms in total. The quantitative estimate of drug-likeness (QED) is 0.165. The summed E-state index contributed by atoms with van der Waals surface area (Å²) in [5.41, 5.74) is 6.82. The van der Waals surface area contributed by atoms with Crippen LogP contribution in [0.5, 0.6) is 5.75 Å². The second-order valence-corrected chi connectivity index (χ2v) is 12.1. The number of aromatic nitrogens is 4. The summed E-state index contributed by atoms with van der Waals surface area (Å²) in [5, 5.41) is 5.41. The van der Waals surface area contributed by atoms with E-state index in [0.29, 0.717) is 16.9 Å². The molecule has 1 atom stereocenters. The van der Waals surface area contributed by atoms with Crippen molar-refractivity contribution in [2.24, 2.45) is 5.92 Å². The molecule has 0 bridgehead atoms. The number of imidazole rings is 1. The highest BCUT2D eigenvalue weighted by molar-refractivity contribution is 5.81. The Morgan fingerprint density at radius 2 is 1.45 bits per heavy atom. The zero-order valence-corrected chi connectivity index (χ0v) is 26.7. The summed E-state index contributed by atoms with van der Waals surface area (Å²) in [6.07, 6.45) is 15.3. The Kier molecular flexibility index (Phi) is 7.72.